The quantitative estimate of drug-likeness (QED) is 0.294. The van der Waals surface area contributed by atoms with Crippen LogP contribution in [-0.4, -0.2) is 59.5 Å². The van der Waals surface area contributed by atoms with Gasteiger partial charge in [-0.2, -0.15) is 5.26 Å². The molecule has 0 N–H and O–H groups in total. The van der Waals surface area contributed by atoms with Crippen molar-refractivity contribution < 1.29 is 42.9 Å². The lowest BCUT2D eigenvalue weighted by atomic mass is 9.93. The molecule has 3 rings (SSSR count). The molecule has 1 saturated heterocycles. The number of ether oxygens (including phenoxy) is 5. The van der Waals surface area contributed by atoms with Gasteiger partial charge >= 0.3 is 23.9 Å². The number of rotatable bonds is 6. The second-order valence-corrected chi connectivity index (χ2v) is 9.71. The van der Waals surface area contributed by atoms with E-state index >= 15 is 0 Å². The van der Waals surface area contributed by atoms with Gasteiger partial charge in [-0.05, 0) is 37.3 Å². The van der Waals surface area contributed by atoms with Crippen LogP contribution < -0.4 is 0 Å². The number of hydrogen-bond acceptors (Lipinski definition) is 11. The predicted molar refractivity (Wildman–Crippen MR) is 133 cm³/mol. The van der Waals surface area contributed by atoms with Gasteiger partial charge < -0.3 is 28.3 Å². The van der Waals surface area contributed by atoms with Crippen LogP contribution in [-0.2, 0) is 55.7 Å². The Kier molecular flexibility index (Phi) is 9.99. The first-order valence-corrected chi connectivity index (χ1v) is 12.9. The maximum absolute atomic E-state index is 12.3. The van der Waals surface area contributed by atoms with E-state index in [1.54, 1.807) is 10.6 Å². The van der Waals surface area contributed by atoms with Crippen molar-refractivity contribution in [3.05, 3.63) is 27.5 Å². The number of aryl methyl sites for hydroxylation is 1. The summed E-state index contributed by atoms with van der Waals surface area (Å²) in [7, 11) is 0. The van der Waals surface area contributed by atoms with Gasteiger partial charge in [0.15, 0.2) is 24.5 Å². The topological polar surface area (TPSA) is 143 Å². The van der Waals surface area contributed by atoms with Crippen LogP contribution in [0.15, 0.2) is 6.07 Å². The summed E-state index contributed by atoms with van der Waals surface area (Å²) in [6, 6.07) is 3.92. The number of nitrogens with zero attached hydrogens (tertiary/aromatic N) is 2. The van der Waals surface area contributed by atoms with Gasteiger partial charge in [0, 0.05) is 33.4 Å². The largest absolute Gasteiger partial charge is 0.463 e. The number of pyridine rings is 1. The molecule has 11 nitrogen and oxygen atoms in total. The van der Waals surface area contributed by atoms with Crippen molar-refractivity contribution in [3.8, 4) is 6.07 Å². The number of aromatic nitrogens is 1. The first kappa shape index (κ1) is 29.3. The molecule has 38 heavy (non-hydrogen) atoms. The van der Waals surface area contributed by atoms with Gasteiger partial charge in [-0.15, -0.1) is 0 Å². The van der Waals surface area contributed by atoms with Gasteiger partial charge in [0.05, 0.1) is 5.56 Å². The third-order valence-electron chi connectivity index (χ3n) is 6.38. The lowest BCUT2D eigenvalue weighted by molar-refractivity contribution is -0.269. The van der Waals surface area contributed by atoms with Crippen LogP contribution in [0.3, 0.4) is 0 Å². The second-order valence-electron chi connectivity index (χ2n) is 9.32. The summed E-state index contributed by atoms with van der Waals surface area (Å²) in [6.45, 7) is 4.38. The number of nitriles is 1. The van der Waals surface area contributed by atoms with Crippen LogP contribution in [0.1, 0.15) is 76.4 Å². The van der Waals surface area contributed by atoms with E-state index in [0.29, 0.717) is 12.8 Å². The molecule has 0 bridgehead atoms. The number of hydrogen-bond donors (Lipinski definition) is 0. The third kappa shape index (κ3) is 6.96. The van der Waals surface area contributed by atoms with Crippen LogP contribution in [0, 0.1) is 16.0 Å². The molecule has 2 aliphatic rings. The molecule has 1 aromatic heterocycles. The third-order valence-corrected chi connectivity index (χ3v) is 6.80. The van der Waals surface area contributed by atoms with Crippen molar-refractivity contribution in [1.29, 1.82) is 5.26 Å². The fraction of sp³-hybridized carbons (Fsp3) is 0.615. The lowest BCUT2D eigenvalue weighted by Gasteiger charge is -2.45. The normalized spacial score (nSPS) is 25.0. The number of fused-ring (bicyclic) bond motifs is 1. The first-order chi connectivity index (χ1) is 18.0. The van der Waals surface area contributed by atoms with E-state index in [4.69, 9.17) is 35.9 Å². The molecule has 206 valence electrons. The zero-order chi connectivity index (χ0) is 28.0. The molecule has 1 aromatic rings. The van der Waals surface area contributed by atoms with Gasteiger partial charge in [0.2, 0.25) is 0 Å². The Balaban J connectivity index is 2.26. The van der Waals surface area contributed by atoms with E-state index in [1.807, 2.05) is 0 Å². The van der Waals surface area contributed by atoms with Crippen LogP contribution in [0.5, 0.6) is 0 Å². The monoisotopic (exact) mass is 548 g/mol. The molecule has 5 atom stereocenters. The second kappa shape index (κ2) is 13.0. The Bertz CT molecular complexity index is 1190. The minimum Gasteiger partial charge on any atom is -0.463 e. The van der Waals surface area contributed by atoms with Crippen molar-refractivity contribution in [2.24, 2.45) is 0 Å². The molecular weight excluding hydrogens is 516 g/mol. The Labute approximate surface area is 225 Å². The van der Waals surface area contributed by atoms with E-state index in [9.17, 15) is 24.4 Å². The highest BCUT2D eigenvalue weighted by Crippen LogP contribution is 2.37. The molecule has 0 aromatic carbocycles. The van der Waals surface area contributed by atoms with Gasteiger partial charge in [-0.3, -0.25) is 19.2 Å². The maximum atomic E-state index is 12.3. The van der Waals surface area contributed by atoms with E-state index in [1.165, 1.54) is 20.8 Å². The molecule has 0 radical (unpaired) electrons. The Hall–Kier alpha value is -3.30. The molecule has 0 saturated carbocycles. The Morgan fingerprint density at radius 3 is 2.08 bits per heavy atom. The highest BCUT2D eigenvalue weighted by molar-refractivity contribution is 7.71. The van der Waals surface area contributed by atoms with Gasteiger partial charge in [0.25, 0.3) is 0 Å². The minimum atomic E-state index is -1.32. The lowest BCUT2D eigenvalue weighted by Crippen LogP contribution is -2.60. The van der Waals surface area contributed by atoms with Crippen molar-refractivity contribution >= 4 is 36.1 Å². The smallest absolute Gasteiger partial charge is 0.303 e. The van der Waals surface area contributed by atoms with E-state index in [2.05, 4.69) is 6.07 Å². The zero-order valence-corrected chi connectivity index (χ0v) is 22.7. The summed E-state index contributed by atoms with van der Waals surface area (Å²) >= 11 is 5.71. The molecule has 0 amide bonds. The molecule has 2 heterocycles. The summed E-state index contributed by atoms with van der Waals surface area (Å²) < 4.78 is 30.0. The SMILES string of the molecule is CC(=O)OC[C@@H]1O[C@@H](n2c3c(cc(C#N)c2=S)CCCCCC3)[C@@H](OC(C)=O)[C@@H](OC(C)=O)[C@H]1OC(C)=O. The summed E-state index contributed by atoms with van der Waals surface area (Å²) in [4.78, 5) is 48.1. The van der Waals surface area contributed by atoms with Crippen LogP contribution >= 0.6 is 12.2 Å². The summed E-state index contributed by atoms with van der Waals surface area (Å²) in [5, 5.41) is 9.85. The summed E-state index contributed by atoms with van der Waals surface area (Å²) in [5.74, 6) is -2.74. The fourth-order valence-corrected chi connectivity index (χ4v) is 5.27. The fourth-order valence-electron chi connectivity index (χ4n) is 4.95. The predicted octanol–water partition coefficient (Wildman–Crippen LogP) is 3.00. The van der Waals surface area contributed by atoms with Crippen molar-refractivity contribution in [2.45, 2.75) is 96.9 Å². The average Bonchev–Trinajstić information content (AvgIpc) is 2.81. The number of carbonyl (C=O) groups excluding carboxylic acids is 4. The van der Waals surface area contributed by atoms with Crippen LogP contribution in [0.25, 0.3) is 0 Å². The molecule has 1 fully saturated rings. The van der Waals surface area contributed by atoms with E-state index in [0.717, 1.165) is 43.9 Å². The zero-order valence-electron chi connectivity index (χ0n) is 21.9. The molecular formula is C26H32N2O9S. The molecule has 0 unspecified atom stereocenters. The van der Waals surface area contributed by atoms with E-state index in [-0.39, 0.29) is 16.8 Å². The summed E-state index contributed by atoms with van der Waals surface area (Å²) in [6.07, 6.45) is -1.01. The molecule has 1 aliphatic heterocycles. The van der Waals surface area contributed by atoms with Gasteiger partial charge in [-0.25, -0.2) is 0 Å². The van der Waals surface area contributed by atoms with E-state index < -0.39 is 54.5 Å². The van der Waals surface area contributed by atoms with Crippen molar-refractivity contribution in [1.82, 2.24) is 4.57 Å². The minimum absolute atomic E-state index is 0.160. The summed E-state index contributed by atoms with van der Waals surface area (Å²) in [5.41, 5.74) is 1.98. The highest BCUT2D eigenvalue weighted by atomic mass is 32.1. The highest BCUT2D eigenvalue weighted by Gasteiger charge is 2.53. The number of carbonyl (C=O) groups is 4. The molecule has 12 heteroatoms. The Morgan fingerprint density at radius 1 is 0.921 bits per heavy atom. The van der Waals surface area contributed by atoms with Crippen molar-refractivity contribution in [3.63, 3.8) is 0 Å². The number of esters is 4. The Morgan fingerprint density at radius 2 is 1.50 bits per heavy atom. The van der Waals surface area contributed by atoms with Crippen LogP contribution in [0.2, 0.25) is 0 Å². The average molecular weight is 549 g/mol. The standard InChI is InChI=1S/C26H32N2O9S/c1-14(29)33-13-21-22(34-15(2)30)23(35-16(3)31)24(36-17(4)32)25(37-21)28-20-10-8-6-5-7-9-18(20)11-19(12-27)26(28)38/h11,21-25H,5-10,13H2,1-4H3/t21-,22-,23-,24-,25+/m0/s1. The van der Waals surface area contributed by atoms with Crippen LogP contribution in [0.4, 0.5) is 0 Å². The van der Waals surface area contributed by atoms with Gasteiger partial charge in [0.1, 0.15) is 23.4 Å². The molecule has 0 spiro atoms. The molecule has 1 aliphatic carbocycles. The maximum Gasteiger partial charge on any atom is 0.303 e. The van der Waals surface area contributed by atoms with Gasteiger partial charge in [-0.1, -0.05) is 25.1 Å². The van der Waals surface area contributed by atoms with Crippen molar-refractivity contribution in [2.75, 3.05) is 6.61 Å². The first-order valence-electron chi connectivity index (χ1n) is 12.5.